The van der Waals surface area contributed by atoms with E-state index in [0.29, 0.717) is 5.92 Å². The first-order valence-electron chi connectivity index (χ1n) is 6.60. The second-order valence-corrected chi connectivity index (χ2v) is 6.18. The van der Waals surface area contributed by atoms with Gasteiger partial charge in [-0.05, 0) is 38.5 Å². The van der Waals surface area contributed by atoms with Crippen LogP contribution in [0.3, 0.4) is 0 Å². The third-order valence-corrected chi connectivity index (χ3v) is 5.33. The number of Topliss-reactive ketones (excluding diaryl/α,β-unsaturated/α-hetero) is 1. The molecule has 0 aromatic carbocycles. The number of ketones is 1. The summed E-state index contributed by atoms with van der Waals surface area (Å²) in [6, 6.07) is 0. The molecule has 1 heterocycles. The molecule has 0 spiro atoms. The van der Waals surface area contributed by atoms with Crippen LogP contribution in [0.5, 0.6) is 0 Å². The number of aryl methyl sites for hydroxylation is 1. The van der Waals surface area contributed by atoms with E-state index in [2.05, 4.69) is 11.9 Å². The maximum absolute atomic E-state index is 11.4. The van der Waals surface area contributed by atoms with Crippen molar-refractivity contribution in [3.63, 3.8) is 0 Å². The number of hydrogen-bond donors (Lipinski definition) is 0. The van der Waals surface area contributed by atoms with Crippen molar-refractivity contribution in [2.75, 3.05) is 0 Å². The molecule has 1 fully saturated rings. The Kier molecular flexibility index (Phi) is 3.97. The van der Waals surface area contributed by atoms with Crippen molar-refractivity contribution in [1.29, 1.82) is 0 Å². The predicted octanol–water partition coefficient (Wildman–Crippen LogP) is 4.34. The van der Waals surface area contributed by atoms with Gasteiger partial charge in [-0.3, -0.25) is 4.79 Å². The van der Waals surface area contributed by atoms with Gasteiger partial charge in [-0.1, -0.05) is 13.3 Å². The van der Waals surface area contributed by atoms with Crippen molar-refractivity contribution < 1.29 is 4.79 Å². The van der Waals surface area contributed by atoms with Crippen molar-refractivity contribution in [1.82, 2.24) is 4.98 Å². The van der Waals surface area contributed by atoms with Crippen LogP contribution in [0.15, 0.2) is 0 Å². The van der Waals surface area contributed by atoms with E-state index in [1.165, 1.54) is 37.1 Å². The fraction of sp³-hybridized carbons (Fsp3) is 0.714. The molecule has 1 saturated carbocycles. The van der Waals surface area contributed by atoms with Gasteiger partial charge in [0.1, 0.15) is 0 Å². The molecule has 0 atom stereocenters. The summed E-state index contributed by atoms with van der Waals surface area (Å²) in [5.41, 5.74) is 0.926. The highest BCUT2D eigenvalue weighted by atomic mass is 32.1. The molecule has 94 valence electrons. The molecule has 0 amide bonds. The van der Waals surface area contributed by atoms with Gasteiger partial charge in [0.25, 0.3) is 0 Å². The summed E-state index contributed by atoms with van der Waals surface area (Å²) < 4.78 is 0. The second kappa shape index (κ2) is 5.30. The lowest BCUT2D eigenvalue weighted by molar-refractivity contribution is 0.102. The Bertz CT molecular complexity index is 402. The molecule has 2 rings (SSSR count). The molecule has 1 aromatic rings. The first-order valence-corrected chi connectivity index (χ1v) is 7.41. The quantitative estimate of drug-likeness (QED) is 0.748. The average Bonchev–Trinajstić information content (AvgIpc) is 2.71. The molecule has 1 aliphatic rings. The third-order valence-electron chi connectivity index (χ3n) is 3.91. The number of hydrogen-bond acceptors (Lipinski definition) is 3. The molecule has 0 unspecified atom stereocenters. The lowest BCUT2D eigenvalue weighted by atomic mass is 9.81. The molecule has 0 saturated heterocycles. The topological polar surface area (TPSA) is 30.0 Å². The van der Waals surface area contributed by atoms with Gasteiger partial charge in [0.2, 0.25) is 0 Å². The van der Waals surface area contributed by atoms with Crippen molar-refractivity contribution >= 4 is 17.1 Å². The van der Waals surface area contributed by atoms with Crippen LogP contribution in [-0.2, 0) is 0 Å². The monoisotopic (exact) mass is 251 g/mol. The van der Waals surface area contributed by atoms with E-state index >= 15 is 0 Å². The standard InChI is InChI=1S/C14H21NOS/c1-4-11-5-7-12(8-6-11)14-15-9(2)13(17-14)10(3)16/h11-12H,4-8H2,1-3H3. The van der Waals surface area contributed by atoms with Crippen molar-refractivity contribution in [2.45, 2.75) is 58.8 Å². The lowest BCUT2D eigenvalue weighted by Gasteiger charge is -2.26. The summed E-state index contributed by atoms with van der Waals surface area (Å²) in [6.07, 6.45) is 6.47. The Labute approximate surface area is 107 Å². The number of thiazole rings is 1. The molecule has 3 heteroatoms. The van der Waals surface area contributed by atoms with Crippen molar-refractivity contribution in [3.05, 3.63) is 15.6 Å². The van der Waals surface area contributed by atoms with E-state index in [4.69, 9.17) is 0 Å². The smallest absolute Gasteiger partial charge is 0.171 e. The Morgan fingerprint density at radius 3 is 2.47 bits per heavy atom. The van der Waals surface area contributed by atoms with Gasteiger partial charge >= 0.3 is 0 Å². The fourth-order valence-electron chi connectivity index (χ4n) is 2.74. The van der Waals surface area contributed by atoms with Crippen LogP contribution in [0.2, 0.25) is 0 Å². The minimum absolute atomic E-state index is 0.161. The van der Waals surface area contributed by atoms with Crippen LogP contribution in [0.1, 0.15) is 72.2 Å². The summed E-state index contributed by atoms with van der Waals surface area (Å²) >= 11 is 1.62. The lowest BCUT2D eigenvalue weighted by Crippen LogP contribution is -2.12. The Morgan fingerprint density at radius 2 is 2.00 bits per heavy atom. The van der Waals surface area contributed by atoms with Crippen LogP contribution in [0.4, 0.5) is 0 Å². The van der Waals surface area contributed by atoms with E-state index in [1.807, 2.05) is 6.92 Å². The van der Waals surface area contributed by atoms with Gasteiger partial charge in [0, 0.05) is 12.8 Å². The summed E-state index contributed by atoms with van der Waals surface area (Å²) in [5, 5.41) is 1.20. The van der Waals surface area contributed by atoms with E-state index in [-0.39, 0.29) is 5.78 Å². The number of rotatable bonds is 3. The summed E-state index contributed by atoms with van der Waals surface area (Å²) in [4.78, 5) is 16.9. The zero-order valence-electron chi connectivity index (χ0n) is 11.0. The van der Waals surface area contributed by atoms with E-state index in [0.717, 1.165) is 16.5 Å². The fourth-order valence-corrected chi connectivity index (χ4v) is 3.87. The molecular formula is C14H21NOS. The van der Waals surface area contributed by atoms with Crippen molar-refractivity contribution in [3.8, 4) is 0 Å². The first-order chi connectivity index (χ1) is 8.11. The molecule has 17 heavy (non-hydrogen) atoms. The van der Waals surface area contributed by atoms with E-state index in [9.17, 15) is 4.79 Å². The average molecular weight is 251 g/mol. The Balaban J connectivity index is 2.08. The van der Waals surface area contributed by atoms with Crippen LogP contribution in [0.25, 0.3) is 0 Å². The highest BCUT2D eigenvalue weighted by Gasteiger charge is 2.24. The first kappa shape index (κ1) is 12.7. The van der Waals surface area contributed by atoms with Gasteiger partial charge in [-0.25, -0.2) is 4.98 Å². The van der Waals surface area contributed by atoms with Gasteiger partial charge in [0.05, 0.1) is 15.6 Å². The Hall–Kier alpha value is -0.700. The summed E-state index contributed by atoms with van der Waals surface area (Å²) in [5.74, 6) is 1.68. The normalized spacial score (nSPS) is 24.9. The molecule has 0 bridgehead atoms. The molecule has 0 radical (unpaired) electrons. The zero-order chi connectivity index (χ0) is 12.4. The predicted molar refractivity (Wildman–Crippen MR) is 71.8 cm³/mol. The van der Waals surface area contributed by atoms with Gasteiger partial charge < -0.3 is 0 Å². The van der Waals surface area contributed by atoms with E-state index in [1.54, 1.807) is 18.3 Å². The van der Waals surface area contributed by atoms with E-state index < -0.39 is 0 Å². The third kappa shape index (κ3) is 2.76. The number of nitrogens with zero attached hydrogens (tertiary/aromatic N) is 1. The van der Waals surface area contributed by atoms with Gasteiger partial charge in [-0.2, -0.15) is 0 Å². The zero-order valence-corrected chi connectivity index (χ0v) is 11.8. The Morgan fingerprint density at radius 1 is 1.35 bits per heavy atom. The minimum Gasteiger partial charge on any atom is -0.294 e. The summed E-state index contributed by atoms with van der Waals surface area (Å²) in [7, 11) is 0. The SMILES string of the molecule is CCC1CCC(c2nc(C)c(C(C)=O)s2)CC1. The van der Waals surface area contributed by atoms with Gasteiger partial charge in [-0.15, -0.1) is 11.3 Å². The number of carbonyl (C=O) groups excluding carboxylic acids is 1. The summed E-state index contributed by atoms with van der Waals surface area (Å²) in [6.45, 7) is 5.87. The molecule has 2 nitrogen and oxygen atoms in total. The largest absolute Gasteiger partial charge is 0.294 e. The molecular weight excluding hydrogens is 230 g/mol. The maximum atomic E-state index is 11.4. The number of carbonyl (C=O) groups is 1. The van der Waals surface area contributed by atoms with Crippen LogP contribution >= 0.6 is 11.3 Å². The molecule has 0 aliphatic heterocycles. The van der Waals surface area contributed by atoms with Crippen LogP contribution in [-0.4, -0.2) is 10.8 Å². The highest BCUT2D eigenvalue weighted by molar-refractivity contribution is 7.13. The van der Waals surface area contributed by atoms with Crippen LogP contribution < -0.4 is 0 Å². The van der Waals surface area contributed by atoms with Crippen molar-refractivity contribution in [2.24, 2.45) is 5.92 Å². The minimum atomic E-state index is 0.161. The second-order valence-electron chi connectivity index (χ2n) is 5.15. The van der Waals surface area contributed by atoms with Gasteiger partial charge in [0.15, 0.2) is 5.78 Å². The number of aromatic nitrogens is 1. The highest BCUT2D eigenvalue weighted by Crippen LogP contribution is 2.39. The maximum Gasteiger partial charge on any atom is 0.171 e. The molecule has 0 N–H and O–H groups in total. The van der Waals surface area contributed by atoms with Crippen LogP contribution in [0, 0.1) is 12.8 Å². The molecule has 1 aliphatic carbocycles. The molecule has 1 aromatic heterocycles.